The number of ether oxygens (including phenoxy) is 1. The molecule has 1 aliphatic rings. The van der Waals surface area contributed by atoms with Gasteiger partial charge in [0.25, 0.3) is 0 Å². The summed E-state index contributed by atoms with van der Waals surface area (Å²) in [5, 5.41) is 3.83. The maximum atomic E-state index is 11.9. The molecule has 18 heavy (non-hydrogen) atoms. The molecule has 0 saturated heterocycles. The van der Waals surface area contributed by atoms with E-state index >= 15 is 0 Å². The van der Waals surface area contributed by atoms with Crippen molar-refractivity contribution >= 4 is 21.8 Å². The number of amides is 1. The zero-order valence-corrected chi connectivity index (χ0v) is 11.9. The zero-order valence-electron chi connectivity index (χ0n) is 10.3. The van der Waals surface area contributed by atoms with E-state index < -0.39 is 0 Å². The van der Waals surface area contributed by atoms with Crippen LogP contribution < -0.4 is 5.32 Å². The minimum absolute atomic E-state index is 0.0599. The van der Waals surface area contributed by atoms with Gasteiger partial charge >= 0.3 is 0 Å². The first-order chi connectivity index (χ1) is 8.83. The van der Waals surface area contributed by atoms with Crippen LogP contribution in [0.2, 0.25) is 0 Å². The minimum atomic E-state index is 0.0599. The Bertz CT molecular complexity index is 409. The van der Waals surface area contributed by atoms with Gasteiger partial charge in [0.05, 0.1) is 12.5 Å². The van der Waals surface area contributed by atoms with Crippen LogP contribution in [0.3, 0.4) is 0 Å². The predicted molar refractivity (Wildman–Crippen MR) is 75.1 cm³/mol. The maximum Gasteiger partial charge on any atom is 0.227 e. The summed E-state index contributed by atoms with van der Waals surface area (Å²) in [4.78, 5) is 11.9. The summed E-state index contributed by atoms with van der Waals surface area (Å²) in [6, 6.07) is 8.15. The molecule has 0 fully saturated rings. The lowest BCUT2D eigenvalue weighted by Gasteiger charge is -2.28. The summed E-state index contributed by atoms with van der Waals surface area (Å²) in [5.41, 5.74) is 2.49. The molecule has 1 aromatic carbocycles. The molecule has 0 spiro atoms. The fourth-order valence-electron chi connectivity index (χ4n) is 2.16. The first-order valence-corrected chi connectivity index (χ1v) is 7.44. The Hall–Kier alpha value is -0.870. The lowest BCUT2D eigenvalue weighted by atomic mass is 9.77. The highest BCUT2D eigenvalue weighted by molar-refractivity contribution is 9.09. The second-order valence-corrected chi connectivity index (χ2v) is 5.19. The second-order valence-electron chi connectivity index (χ2n) is 4.40. The molecule has 1 unspecified atom stereocenters. The Labute approximate surface area is 116 Å². The van der Waals surface area contributed by atoms with Gasteiger partial charge in [-0.3, -0.25) is 4.79 Å². The SMILES string of the molecule is O=C(NCCCOCCBr)C1Cc2ccccc21. The van der Waals surface area contributed by atoms with E-state index in [0.29, 0.717) is 13.2 Å². The third-order valence-corrected chi connectivity index (χ3v) is 3.48. The molecule has 0 heterocycles. The van der Waals surface area contributed by atoms with Crippen molar-refractivity contribution in [3.05, 3.63) is 35.4 Å². The van der Waals surface area contributed by atoms with Crippen molar-refractivity contribution in [3.8, 4) is 0 Å². The Balaban J connectivity index is 1.65. The van der Waals surface area contributed by atoms with Crippen LogP contribution in [-0.4, -0.2) is 31.0 Å². The van der Waals surface area contributed by atoms with E-state index in [1.54, 1.807) is 0 Å². The molecule has 0 bridgehead atoms. The van der Waals surface area contributed by atoms with Gasteiger partial charge in [-0.15, -0.1) is 0 Å². The Kier molecular flexibility index (Phi) is 5.20. The van der Waals surface area contributed by atoms with Crippen LogP contribution in [0.1, 0.15) is 23.5 Å². The molecule has 1 N–H and O–H groups in total. The Morgan fingerprint density at radius 3 is 3.00 bits per heavy atom. The monoisotopic (exact) mass is 311 g/mol. The van der Waals surface area contributed by atoms with E-state index in [4.69, 9.17) is 4.74 Å². The number of halogens is 1. The van der Waals surface area contributed by atoms with E-state index in [1.807, 2.05) is 18.2 Å². The summed E-state index contributed by atoms with van der Waals surface area (Å²) >= 11 is 3.30. The normalized spacial score (nSPS) is 16.8. The summed E-state index contributed by atoms with van der Waals surface area (Å²) in [6.45, 7) is 2.12. The third kappa shape index (κ3) is 3.33. The second kappa shape index (κ2) is 6.90. The molecule has 1 atom stereocenters. The van der Waals surface area contributed by atoms with Crippen LogP contribution >= 0.6 is 15.9 Å². The van der Waals surface area contributed by atoms with E-state index in [2.05, 4.69) is 27.3 Å². The van der Waals surface area contributed by atoms with Crippen LogP contribution in [-0.2, 0) is 16.0 Å². The number of rotatable bonds is 7. The van der Waals surface area contributed by atoms with Gasteiger partial charge in [-0.2, -0.15) is 0 Å². The average molecular weight is 312 g/mol. The first kappa shape index (κ1) is 13.6. The van der Waals surface area contributed by atoms with Crippen molar-refractivity contribution in [1.82, 2.24) is 5.32 Å². The quantitative estimate of drug-likeness (QED) is 0.619. The molecule has 0 aromatic heterocycles. The Morgan fingerprint density at radius 2 is 2.22 bits per heavy atom. The lowest BCUT2D eigenvalue weighted by Crippen LogP contribution is -2.36. The highest BCUT2D eigenvalue weighted by atomic mass is 79.9. The van der Waals surface area contributed by atoms with Gasteiger partial charge in [0.2, 0.25) is 5.91 Å². The summed E-state index contributed by atoms with van der Waals surface area (Å²) in [6.07, 6.45) is 1.75. The van der Waals surface area contributed by atoms with Crippen molar-refractivity contribution in [2.75, 3.05) is 25.1 Å². The molecular weight excluding hydrogens is 294 g/mol. The number of carbonyl (C=O) groups excluding carboxylic acids is 1. The summed E-state index contributed by atoms with van der Waals surface area (Å²) < 4.78 is 5.32. The highest BCUT2D eigenvalue weighted by Crippen LogP contribution is 2.34. The largest absolute Gasteiger partial charge is 0.381 e. The van der Waals surface area contributed by atoms with Gasteiger partial charge in [-0.05, 0) is 24.0 Å². The molecule has 4 heteroatoms. The van der Waals surface area contributed by atoms with Gasteiger partial charge in [-0.25, -0.2) is 0 Å². The number of hydrogen-bond acceptors (Lipinski definition) is 2. The number of hydrogen-bond donors (Lipinski definition) is 1. The molecule has 3 nitrogen and oxygen atoms in total. The average Bonchev–Trinajstić information content (AvgIpc) is 2.35. The van der Waals surface area contributed by atoms with E-state index in [1.165, 1.54) is 11.1 Å². The standard InChI is InChI=1S/C14H18BrNO2/c15-6-9-18-8-3-7-16-14(17)13-10-11-4-1-2-5-12(11)13/h1-2,4-5,13H,3,6-10H2,(H,16,17). The molecule has 0 aliphatic heterocycles. The molecule has 1 aliphatic carbocycles. The number of alkyl halides is 1. The molecule has 0 saturated carbocycles. The van der Waals surface area contributed by atoms with E-state index in [-0.39, 0.29) is 11.8 Å². The van der Waals surface area contributed by atoms with Gasteiger partial charge in [0.1, 0.15) is 0 Å². The lowest BCUT2D eigenvalue weighted by molar-refractivity contribution is -0.123. The fraction of sp³-hybridized carbons (Fsp3) is 0.500. The molecule has 2 rings (SSSR count). The summed E-state index contributed by atoms with van der Waals surface area (Å²) in [7, 11) is 0. The van der Waals surface area contributed by atoms with Crippen molar-refractivity contribution in [1.29, 1.82) is 0 Å². The molecule has 1 amide bonds. The number of nitrogens with one attached hydrogen (secondary N) is 1. The van der Waals surface area contributed by atoms with E-state index in [0.717, 1.165) is 24.8 Å². The minimum Gasteiger partial charge on any atom is -0.381 e. The highest BCUT2D eigenvalue weighted by Gasteiger charge is 2.31. The molecular formula is C14H18BrNO2. The van der Waals surface area contributed by atoms with Crippen LogP contribution in [0.4, 0.5) is 0 Å². The number of benzene rings is 1. The van der Waals surface area contributed by atoms with Crippen LogP contribution in [0.15, 0.2) is 24.3 Å². The molecule has 0 radical (unpaired) electrons. The van der Waals surface area contributed by atoms with Gasteiger partial charge in [0.15, 0.2) is 0 Å². The smallest absolute Gasteiger partial charge is 0.227 e. The molecule has 1 aromatic rings. The fourth-order valence-corrected chi connectivity index (χ4v) is 2.39. The third-order valence-electron chi connectivity index (χ3n) is 3.16. The Morgan fingerprint density at radius 1 is 1.39 bits per heavy atom. The topological polar surface area (TPSA) is 38.3 Å². The van der Waals surface area contributed by atoms with Crippen LogP contribution in [0.25, 0.3) is 0 Å². The number of carbonyl (C=O) groups is 1. The zero-order chi connectivity index (χ0) is 12.8. The van der Waals surface area contributed by atoms with Crippen molar-refractivity contribution in [2.24, 2.45) is 0 Å². The molecule has 98 valence electrons. The van der Waals surface area contributed by atoms with Crippen LogP contribution in [0, 0.1) is 0 Å². The first-order valence-electron chi connectivity index (χ1n) is 6.32. The van der Waals surface area contributed by atoms with Crippen molar-refractivity contribution in [3.63, 3.8) is 0 Å². The van der Waals surface area contributed by atoms with Gasteiger partial charge < -0.3 is 10.1 Å². The summed E-state index contributed by atoms with van der Waals surface area (Å²) in [5.74, 6) is 0.207. The maximum absolute atomic E-state index is 11.9. The van der Waals surface area contributed by atoms with Gasteiger partial charge in [-0.1, -0.05) is 40.2 Å². The van der Waals surface area contributed by atoms with Crippen molar-refractivity contribution < 1.29 is 9.53 Å². The van der Waals surface area contributed by atoms with Crippen LogP contribution in [0.5, 0.6) is 0 Å². The van der Waals surface area contributed by atoms with Crippen molar-refractivity contribution in [2.45, 2.75) is 18.8 Å². The van der Waals surface area contributed by atoms with E-state index in [9.17, 15) is 4.79 Å². The number of fused-ring (bicyclic) bond motifs is 1. The van der Waals surface area contributed by atoms with Gasteiger partial charge in [0, 0.05) is 18.5 Å². The predicted octanol–water partition coefficient (Wildman–Crippen LogP) is 2.24.